The minimum atomic E-state index is -0.202. The second-order valence-corrected chi connectivity index (χ2v) is 8.50. The summed E-state index contributed by atoms with van der Waals surface area (Å²) in [4.78, 5) is 27.0. The second-order valence-electron chi connectivity index (χ2n) is 8.50. The van der Waals surface area contributed by atoms with Gasteiger partial charge < -0.3 is 15.5 Å². The average molecular weight is 394 g/mol. The van der Waals surface area contributed by atoms with Crippen LogP contribution in [-0.2, 0) is 0 Å². The fraction of sp³-hybridized carbons (Fsp3) is 0.417. The van der Waals surface area contributed by atoms with E-state index in [4.69, 9.17) is 0 Å². The molecule has 29 heavy (non-hydrogen) atoms. The topological polar surface area (TPSA) is 61.4 Å². The molecule has 0 unspecified atom stereocenters. The van der Waals surface area contributed by atoms with Crippen molar-refractivity contribution in [1.29, 1.82) is 0 Å². The fourth-order valence-electron chi connectivity index (χ4n) is 3.56. The highest BCUT2D eigenvalue weighted by Crippen LogP contribution is 2.34. The van der Waals surface area contributed by atoms with Gasteiger partial charge in [-0.05, 0) is 48.6 Å². The number of nitrogens with one attached hydrogen (secondary N) is 2. The molecular weight excluding hydrogens is 362 g/mol. The molecular formula is C24H31N3O2. The Labute approximate surface area is 173 Å². The van der Waals surface area contributed by atoms with Crippen molar-refractivity contribution < 1.29 is 9.59 Å². The first-order valence-corrected chi connectivity index (χ1v) is 10.4. The maximum Gasteiger partial charge on any atom is 0.256 e. The number of fused-ring (bicyclic) bond motifs is 1. The van der Waals surface area contributed by atoms with Crippen LogP contribution < -0.4 is 10.6 Å². The number of benzene rings is 2. The average Bonchev–Trinajstić information content (AvgIpc) is 2.94. The zero-order valence-corrected chi connectivity index (χ0v) is 17.7. The second kappa shape index (κ2) is 9.12. The lowest BCUT2D eigenvalue weighted by atomic mass is 10.1. The molecule has 1 aliphatic heterocycles. The van der Waals surface area contributed by atoms with Gasteiger partial charge in [0.05, 0.1) is 0 Å². The Bertz CT molecular complexity index is 859. The molecule has 5 nitrogen and oxygen atoms in total. The quantitative estimate of drug-likeness (QED) is 0.684. The van der Waals surface area contributed by atoms with E-state index in [1.165, 1.54) is 0 Å². The monoisotopic (exact) mass is 393 g/mol. The van der Waals surface area contributed by atoms with Crippen molar-refractivity contribution in [1.82, 2.24) is 10.2 Å². The molecule has 0 radical (unpaired) electrons. The number of rotatable bonds is 8. The lowest BCUT2D eigenvalue weighted by Gasteiger charge is -2.28. The fourth-order valence-corrected chi connectivity index (χ4v) is 3.56. The van der Waals surface area contributed by atoms with Gasteiger partial charge in [-0.15, -0.1) is 0 Å². The molecule has 5 heteroatoms. The van der Waals surface area contributed by atoms with Crippen LogP contribution >= 0.6 is 0 Å². The van der Waals surface area contributed by atoms with E-state index in [0.29, 0.717) is 30.5 Å². The van der Waals surface area contributed by atoms with Crippen molar-refractivity contribution in [2.24, 2.45) is 11.8 Å². The minimum Gasteiger partial charge on any atom is -0.361 e. The van der Waals surface area contributed by atoms with Crippen molar-refractivity contribution in [3.8, 4) is 0 Å². The number of hydrogen-bond donors (Lipinski definition) is 2. The number of amides is 2. The van der Waals surface area contributed by atoms with Gasteiger partial charge in [-0.3, -0.25) is 9.59 Å². The van der Waals surface area contributed by atoms with Crippen LogP contribution in [0.5, 0.6) is 0 Å². The van der Waals surface area contributed by atoms with Crippen LogP contribution in [0.2, 0.25) is 0 Å². The maximum absolute atomic E-state index is 12.9. The van der Waals surface area contributed by atoms with E-state index in [-0.39, 0.29) is 18.0 Å². The summed E-state index contributed by atoms with van der Waals surface area (Å²) in [6.45, 7) is 9.87. The Balaban J connectivity index is 1.72. The van der Waals surface area contributed by atoms with Crippen molar-refractivity contribution in [3.05, 3.63) is 65.2 Å². The summed E-state index contributed by atoms with van der Waals surface area (Å²) in [5.41, 5.74) is 3.27. The van der Waals surface area contributed by atoms with E-state index in [2.05, 4.69) is 38.3 Å². The Hall–Kier alpha value is -2.82. The number of carbonyl (C=O) groups excluding carboxylic acids is 2. The molecule has 0 aliphatic carbocycles. The molecule has 0 saturated carbocycles. The smallest absolute Gasteiger partial charge is 0.256 e. The summed E-state index contributed by atoms with van der Waals surface area (Å²) in [6.07, 6.45) is 0.762. The van der Waals surface area contributed by atoms with E-state index < -0.39 is 0 Å². The van der Waals surface area contributed by atoms with Gasteiger partial charge in [0.2, 0.25) is 0 Å². The van der Waals surface area contributed by atoms with Crippen molar-refractivity contribution >= 4 is 17.5 Å². The van der Waals surface area contributed by atoms with Gasteiger partial charge in [-0.2, -0.15) is 0 Å². The molecule has 0 fully saturated rings. The minimum absolute atomic E-state index is 0.0555. The first kappa shape index (κ1) is 20.9. The predicted molar refractivity (Wildman–Crippen MR) is 117 cm³/mol. The molecule has 2 aromatic rings. The van der Waals surface area contributed by atoms with Gasteiger partial charge in [0.15, 0.2) is 0 Å². The largest absolute Gasteiger partial charge is 0.361 e. The summed E-state index contributed by atoms with van der Waals surface area (Å²) in [5.74, 6) is 0.940. The van der Waals surface area contributed by atoms with Crippen LogP contribution in [0.25, 0.3) is 0 Å². The lowest BCUT2D eigenvalue weighted by Crippen LogP contribution is -2.35. The van der Waals surface area contributed by atoms with Gasteiger partial charge in [0.1, 0.15) is 6.17 Å². The SMILES string of the molecule is CC(C)CCNC(=O)c1ccc(N[C@@H]2c3ccccc3C(=O)N2CC(C)C)cc1. The molecule has 1 heterocycles. The third-order valence-electron chi connectivity index (χ3n) is 5.08. The van der Waals surface area contributed by atoms with Gasteiger partial charge in [0, 0.05) is 35.5 Å². The first-order valence-electron chi connectivity index (χ1n) is 10.4. The highest BCUT2D eigenvalue weighted by atomic mass is 16.2. The van der Waals surface area contributed by atoms with E-state index in [9.17, 15) is 9.59 Å². The van der Waals surface area contributed by atoms with Crippen LogP contribution in [0.4, 0.5) is 5.69 Å². The van der Waals surface area contributed by atoms with Crippen molar-refractivity contribution in [2.75, 3.05) is 18.4 Å². The lowest BCUT2D eigenvalue weighted by molar-refractivity contribution is 0.0720. The standard InChI is InChI=1S/C24H31N3O2/c1-16(2)13-14-25-23(28)18-9-11-19(12-10-18)26-22-20-7-5-6-8-21(20)24(29)27(22)15-17(3)4/h5-12,16-17,22,26H,13-15H2,1-4H3,(H,25,28)/t22-/m0/s1. The summed E-state index contributed by atoms with van der Waals surface area (Å²) in [7, 11) is 0. The highest BCUT2D eigenvalue weighted by molar-refractivity contribution is 5.99. The van der Waals surface area contributed by atoms with Crippen molar-refractivity contribution in [2.45, 2.75) is 40.3 Å². The van der Waals surface area contributed by atoms with Gasteiger partial charge in [-0.25, -0.2) is 0 Å². The summed E-state index contributed by atoms with van der Waals surface area (Å²) < 4.78 is 0. The predicted octanol–water partition coefficient (Wildman–Crippen LogP) is 4.69. The molecule has 0 aromatic heterocycles. The van der Waals surface area contributed by atoms with Crippen LogP contribution in [0.1, 0.15) is 66.6 Å². The molecule has 3 rings (SSSR count). The van der Waals surface area contributed by atoms with Crippen molar-refractivity contribution in [3.63, 3.8) is 0 Å². The third kappa shape index (κ3) is 4.97. The molecule has 2 N–H and O–H groups in total. The van der Waals surface area contributed by atoms with Crippen LogP contribution in [0.3, 0.4) is 0 Å². The number of anilines is 1. The van der Waals surface area contributed by atoms with Crippen LogP contribution in [-0.4, -0.2) is 29.8 Å². The zero-order chi connectivity index (χ0) is 21.0. The van der Waals surface area contributed by atoms with Crippen LogP contribution in [0, 0.1) is 11.8 Å². The Morgan fingerprint density at radius 3 is 2.34 bits per heavy atom. The van der Waals surface area contributed by atoms with E-state index in [0.717, 1.165) is 23.2 Å². The first-order chi connectivity index (χ1) is 13.9. The van der Waals surface area contributed by atoms with Gasteiger partial charge in [0.25, 0.3) is 11.8 Å². The van der Waals surface area contributed by atoms with E-state index >= 15 is 0 Å². The Morgan fingerprint density at radius 2 is 1.69 bits per heavy atom. The zero-order valence-electron chi connectivity index (χ0n) is 17.7. The summed E-state index contributed by atoms with van der Waals surface area (Å²) >= 11 is 0. The van der Waals surface area contributed by atoms with E-state index in [1.54, 1.807) is 0 Å². The molecule has 0 spiro atoms. The number of nitrogens with zero attached hydrogens (tertiary/aromatic N) is 1. The normalized spacial score (nSPS) is 15.7. The molecule has 2 amide bonds. The van der Waals surface area contributed by atoms with Gasteiger partial charge >= 0.3 is 0 Å². The molecule has 0 bridgehead atoms. The maximum atomic E-state index is 12.9. The Kier molecular flexibility index (Phi) is 6.57. The number of carbonyl (C=O) groups is 2. The molecule has 154 valence electrons. The van der Waals surface area contributed by atoms with E-state index in [1.807, 2.05) is 53.4 Å². The Morgan fingerprint density at radius 1 is 1.00 bits per heavy atom. The van der Waals surface area contributed by atoms with Crippen LogP contribution in [0.15, 0.2) is 48.5 Å². The molecule has 1 aliphatic rings. The summed E-state index contributed by atoms with van der Waals surface area (Å²) in [6, 6.07) is 15.2. The third-order valence-corrected chi connectivity index (χ3v) is 5.08. The molecule has 1 atom stereocenters. The summed E-state index contributed by atoms with van der Waals surface area (Å²) in [5, 5.41) is 6.44. The molecule has 0 saturated heterocycles. The molecule has 2 aromatic carbocycles. The number of hydrogen-bond acceptors (Lipinski definition) is 3. The van der Waals surface area contributed by atoms with Gasteiger partial charge in [-0.1, -0.05) is 45.9 Å². The highest BCUT2D eigenvalue weighted by Gasteiger charge is 2.36.